The standard InChI is InChI=1S/C19H17ClFN3O2/c20-14-12-13(6-7-15(14)21)26-11-3-8-23-9-10-24-17-5-2-1-4-16(17)22-18(24)19(23)25/h1-2,4-7,12H,3,8-11H2. The van der Waals surface area contributed by atoms with Crippen molar-refractivity contribution < 1.29 is 13.9 Å². The first-order chi connectivity index (χ1) is 12.6. The maximum absolute atomic E-state index is 13.1. The average Bonchev–Trinajstić information content (AvgIpc) is 3.03. The first-order valence-electron chi connectivity index (χ1n) is 8.46. The molecular weight excluding hydrogens is 357 g/mol. The van der Waals surface area contributed by atoms with Gasteiger partial charge >= 0.3 is 0 Å². The van der Waals surface area contributed by atoms with Gasteiger partial charge in [-0.1, -0.05) is 23.7 Å². The van der Waals surface area contributed by atoms with Gasteiger partial charge in [0.05, 0.1) is 22.7 Å². The molecule has 0 saturated carbocycles. The molecule has 3 aromatic rings. The molecule has 0 radical (unpaired) electrons. The van der Waals surface area contributed by atoms with Gasteiger partial charge < -0.3 is 14.2 Å². The summed E-state index contributed by atoms with van der Waals surface area (Å²) < 4.78 is 20.7. The third-order valence-corrected chi connectivity index (χ3v) is 4.75. The number of benzene rings is 2. The molecule has 1 aromatic heterocycles. The van der Waals surface area contributed by atoms with Crippen molar-refractivity contribution in [1.82, 2.24) is 14.5 Å². The summed E-state index contributed by atoms with van der Waals surface area (Å²) in [4.78, 5) is 18.9. The molecule has 26 heavy (non-hydrogen) atoms. The highest BCUT2D eigenvalue weighted by Crippen LogP contribution is 2.22. The van der Waals surface area contributed by atoms with E-state index in [9.17, 15) is 9.18 Å². The van der Waals surface area contributed by atoms with E-state index >= 15 is 0 Å². The number of imidazole rings is 1. The number of nitrogens with zero attached hydrogens (tertiary/aromatic N) is 3. The second-order valence-electron chi connectivity index (χ2n) is 6.15. The molecule has 0 atom stereocenters. The molecule has 0 spiro atoms. The van der Waals surface area contributed by atoms with Gasteiger partial charge in [-0.2, -0.15) is 0 Å². The number of ether oxygens (including phenoxy) is 1. The van der Waals surface area contributed by atoms with Crippen LogP contribution in [0, 0.1) is 5.82 Å². The van der Waals surface area contributed by atoms with Gasteiger partial charge in [0, 0.05) is 25.7 Å². The summed E-state index contributed by atoms with van der Waals surface area (Å²) in [6.45, 7) is 2.38. The maximum Gasteiger partial charge on any atom is 0.289 e. The highest BCUT2D eigenvalue weighted by Gasteiger charge is 2.27. The lowest BCUT2D eigenvalue weighted by Crippen LogP contribution is -2.41. The fourth-order valence-corrected chi connectivity index (χ4v) is 3.32. The molecule has 0 unspecified atom stereocenters. The lowest BCUT2D eigenvalue weighted by atomic mass is 10.3. The van der Waals surface area contributed by atoms with Crippen LogP contribution in [0.25, 0.3) is 11.0 Å². The number of amides is 1. The zero-order chi connectivity index (χ0) is 18.1. The molecular formula is C19H17ClFN3O2. The van der Waals surface area contributed by atoms with Gasteiger partial charge in [-0.3, -0.25) is 4.79 Å². The number of rotatable bonds is 5. The predicted octanol–water partition coefficient (Wildman–Crippen LogP) is 3.75. The zero-order valence-corrected chi connectivity index (χ0v) is 14.7. The van der Waals surface area contributed by atoms with E-state index in [1.165, 1.54) is 18.2 Å². The van der Waals surface area contributed by atoms with Crippen LogP contribution in [0.15, 0.2) is 42.5 Å². The number of hydrogen-bond acceptors (Lipinski definition) is 3. The average molecular weight is 374 g/mol. The van der Waals surface area contributed by atoms with E-state index in [4.69, 9.17) is 16.3 Å². The minimum atomic E-state index is -0.471. The third kappa shape index (κ3) is 3.12. The lowest BCUT2D eigenvalue weighted by molar-refractivity contribution is 0.0689. The Balaban J connectivity index is 1.36. The van der Waals surface area contributed by atoms with Gasteiger partial charge in [0.2, 0.25) is 0 Å². The zero-order valence-electron chi connectivity index (χ0n) is 14.0. The van der Waals surface area contributed by atoms with Gasteiger partial charge in [-0.25, -0.2) is 9.37 Å². The van der Waals surface area contributed by atoms with E-state index in [0.29, 0.717) is 37.7 Å². The fraction of sp³-hybridized carbons (Fsp3) is 0.263. The number of aromatic nitrogens is 2. The van der Waals surface area contributed by atoms with Crippen LogP contribution in [0.2, 0.25) is 5.02 Å². The highest BCUT2D eigenvalue weighted by atomic mass is 35.5. The SMILES string of the molecule is O=C1c2nc3ccccc3n2CCN1CCCOc1ccc(F)c(Cl)c1. The first-order valence-corrected chi connectivity index (χ1v) is 8.83. The molecule has 7 heteroatoms. The summed E-state index contributed by atoms with van der Waals surface area (Å²) in [6, 6.07) is 12.0. The highest BCUT2D eigenvalue weighted by molar-refractivity contribution is 6.30. The molecule has 2 heterocycles. The summed E-state index contributed by atoms with van der Waals surface area (Å²) in [7, 11) is 0. The van der Waals surface area contributed by atoms with Crippen LogP contribution < -0.4 is 4.74 Å². The number of carbonyl (C=O) groups is 1. The van der Waals surface area contributed by atoms with Crippen LogP contribution in [0.4, 0.5) is 4.39 Å². The van der Waals surface area contributed by atoms with Gasteiger partial charge in [0.1, 0.15) is 11.6 Å². The molecule has 2 aromatic carbocycles. The number of para-hydroxylation sites is 2. The van der Waals surface area contributed by atoms with Gasteiger partial charge in [-0.05, 0) is 30.7 Å². The minimum absolute atomic E-state index is 0.0348. The normalized spacial score (nSPS) is 13.9. The van der Waals surface area contributed by atoms with Crippen LogP contribution in [0.3, 0.4) is 0 Å². The third-order valence-electron chi connectivity index (χ3n) is 4.46. The Morgan fingerprint density at radius 2 is 2.04 bits per heavy atom. The van der Waals surface area contributed by atoms with Gasteiger partial charge in [0.15, 0.2) is 5.82 Å². The Bertz CT molecular complexity index is 973. The van der Waals surface area contributed by atoms with E-state index in [1.807, 2.05) is 28.8 Å². The molecule has 134 valence electrons. The fourth-order valence-electron chi connectivity index (χ4n) is 3.15. The predicted molar refractivity (Wildman–Crippen MR) is 97.2 cm³/mol. The molecule has 1 amide bonds. The smallest absolute Gasteiger partial charge is 0.289 e. The number of halogens is 2. The molecule has 1 aliphatic rings. The second kappa shape index (κ2) is 6.96. The van der Waals surface area contributed by atoms with Gasteiger partial charge in [0.25, 0.3) is 5.91 Å². The molecule has 0 saturated heterocycles. The quantitative estimate of drug-likeness (QED) is 0.640. The monoisotopic (exact) mass is 373 g/mol. The lowest BCUT2D eigenvalue weighted by Gasteiger charge is -2.27. The van der Waals surface area contributed by atoms with Crippen molar-refractivity contribution >= 4 is 28.5 Å². The van der Waals surface area contributed by atoms with E-state index in [1.54, 1.807) is 4.90 Å². The van der Waals surface area contributed by atoms with E-state index < -0.39 is 5.82 Å². The summed E-state index contributed by atoms with van der Waals surface area (Å²) in [5.74, 6) is 0.477. The number of fused-ring (bicyclic) bond motifs is 3. The Morgan fingerprint density at radius 1 is 1.19 bits per heavy atom. The molecule has 1 aliphatic heterocycles. The van der Waals surface area contributed by atoms with Crippen molar-refractivity contribution in [3.05, 3.63) is 59.1 Å². The van der Waals surface area contributed by atoms with Crippen molar-refractivity contribution in [3.63, 3.8) is 0 Å². The Hall–Kier alpha value is -2.60. The van der Waals surface area contributed by atoms with Crippen molar-refractivity contribution in [3.8, 4) is 5.75 Å². The molecule has 5 nitrogen and oxygen atoms in total. The minimum Gasteiger partial charge on any atom is -0.493 e. The van der Waals surface area contributed by atoms with Crippen LogP contribution in [0.5, 0.6) is 5.75 Å². The van der Waals surface area contributed by atoms with Crippen molar-refractivity contribution in [2.45, 2.75) is 13.0 Å². The Morgan fingerprint density at radius 3 is 2.88 bits per heavy atom. The molecule has 0 aliphatic carbocycles. The van der Waals surface area contributed by atoms with Crippen LogP contribution in [-0.4, -0.2) is 40.1 Å². The van der Waals surface area contributed by atoms with Crippen LogP contribution in [-0.2, 0) is 6.54 Å². The number of carbonyl (C=O) groups excluding carboxylic acids is 1. The van der Waals surface area contributed by atoms with Crippen molar-refractivity contribution in [2.75, 3.05) is 19.7 Å². The van der Waals surface area contributed by atoms with Crippen molar-refractivity contribution in [1.29, 1.82) is 0 Å². The Kier molecular flexibility index (Phi) is 4.51. The van der Waals surface area contributed by atoms with Crippen LogP contribution >= 0.6 is 11.6 Å². The van der Waals surface area contributed by atoms with E-state index in [0.717, 1.165) is 17.6 Å². The maximum atomic E-state index is 13.1. The first kappa shape index (κ1) is 16.8. The summed E-state index contributed by atoms with van der Waals surface area (Å²) in [6.07, 6.45) is 0.668. The van der Waals surface area contributed by atoms with E-state index in [-0.39, 0.29) is 10.9 Å². The van der Waals surface area contributed by atoms with Crippen LogP contribution in [0.1, 0.15) is 17.0 Å². The Labute approximate surface area is 154 Å². The summed E-state index contributed by atoms with van der Waals surface area (Å²) in [5, 5.41) is 0.0348. The summed E-state index contributed by atoms with van der Waals surface area (Å²) in [5.41, 5.74) is 1.83. The van der Waals surface area contributed by atoms with E-state index in [2.05, 4.69) is 4.98 Å². The molecule has 0 N–H and O–H groups in total. The number of hydrogen-bond donors (Lipinski definition) is 0. The largest absolute Gasteiger partial charge is 0.493 e. The molecule has 4 rings (SSSR count). The molecule has 0 bridgehead atoms. The topological polar surface area (TPSA) is 47.4 Å². The second-order valence-corrected chi connectivity index (χ2v) is 6.55. The van der Waals surface area contributed by atoms with Gasteiger partial charge in [-0.15, -0.1) is 0 Å². The summed E-state index contributed by atoms with van der Waals surface area (Å²) >= 11 is 5.73. The molecule has 0 fully saturated rings. The van der Waals surface area contributed by atoms with Crippen molar-refractivity contribution in [2.24, 2.45) is 0 Å².